The molecule has 0 saturated carbocycles. The maximum atomic E-state index is 13.6. The van der Waals surface area contributed by atoms with Crippen molar-refractivity contribution in [2.45, 2.75) is 43.5 Å². The number of methoxy groups -OCH3 is 1. The maximum absolute atomic E-state index is 13.6. The molecule has 0 spiro atoms. The van der Waals surface area contributed by atoms with Crippen LogP contribution in [0.3, 0.4) is 0 Å². The molecule has 1 aromatic carbocycles. The summed E-state index contributed by atoms with van der Waals surface area (Å²) < 4.78 is 6.49. The summed E-state index contributed by atoms with van der Waals surface area (Å²) in [5.74, 6) is 0.295. The van der Waals surface area contributed by atoms with Gasteiger partial charge in [-0.15, -0.1) is 11.3 Å². The first-order valence-electron chi connectivity index (χ1n) is 9.36. The zero-order valence-corrected chi connectivity index (χ0v) is 17.7. The van der Waals surface area contributed by atoms with Gasteiger partial charge in [-0.25, -0.2) is 4.98 Å². The van der Waals surface area contributed by atoms with Gasteiger partial charge >= 0.3 is 5.97 Å². The van der Waals surface area contributed by atoms with Gasteiger partial charge in [0.1, 0.15) is 10.1 Å². The second-order valence-corrected chi connectivity index (χ2v) is 9.58. The predicted molar refractivity (Wildman–Crippen MR) is 114 cm³/mol. The molecule has 0 radical (unpaired) electrons. The lowest BCUT2D eigenvalue weighted by molar-refractivity contribution is -0.139. The van der Waals surface area contributed by atoms with Gasteiger partial charge in [-0.05, 0) is 49.8 Å². The van der Waals surface area contributed by atoms with Gasteiger partial charge < -0.3 is 4.74 Å². The second kappa shape index (κ2) is 7.72. The molecule has 146 valence electrons. The highest BCUT2D eigenvalue weighted by Crippen LogP contribution is 2.37. The van der Waals surface area contributed by atoms with E-state index in [0.29, 0.717) is 11.1 Å². The molecule has 0 bridgehead atoms. The molecule has 3 aromatic rings. The monoisotopic (exact) mass is 414 g/mol. The number of nitrogens with zero attached hydrogens (tertiary/aromatic N) is 2. The molecule has 2 heterocycles. The molecule has 0 saturated heterocycles. The van der Waals surface area contributed by atoms with E-state index >= 15 is 0 Å². The first-order chi connectivity index (χ1) is 13.5. The Bertz CT molecular complexity index is 1090. The molecule has 0 amide bonds. The van der Waals surface area contributed by atoms with E-state index in [1.165, 1.54) is 23.7 Å². The van der Waals surface area contributed by atoms with Gasteiger partial charge in [0.2, 0.25) is 0 Å². The molecule has 5 nitrogen and oxygen atoms in total. The number of aromatic nitrogens is 2. The van der Waals surface area contributed by atoms with Crippen LogP contribution in [0.5, 0.6) is 0 Å². The van der Waals surface area contributed by atoms with Gasteiger partial charge in [-0.3, -0.25) is 14.2 Å². The normalized spacial score (nSPS) is 17.3. The number of aryl methyl sites for hydroxylation is 1. The van der Waals surface area contributed by atoms with Crippen LogP contribution >= 0.6 is 23.1 Å². The average Bonchev–Trinajstić information content (AvgIpc) is 3.05. The fraction of sp³-hybridized carbons (Fsp3) is 0.381. The molecule has 7 heteroatoms. The van der Waals surface area contributed by atoms with Crippen LogP contribution < -0.4 is 5.56 Å². The number of hydrogen-bond acceptors (Lipinski definition) is 6. The summed E-state index contributed by atoms with van der Waals surface area (Å²) in [5.41, 5.74) is 1.87. The molecular formula is C21H22N2O3S2. The fourth-order valence-corrected chi connectivity index (χ4v) is 6.00. The summed E-state index contributed by atoms with van der Waals surface area (Å²) in [7, 11) is 1.37. The van der Waals surface area contributed by atoms with Crippen LogP contribution in [0.15, 0.2) is 40.3 Å². The summed E-state index contributed by atoms with van der Waals surface area (Å²) in [5, 5.41) is 0.804. The Kier molecular flexibility index (Phi) is 5.29. The van der Waals surface area contributed by atoms with Gasteiger partial charge in [0.15, 0.2) is 5.16 Å². The number of benzene rings is 1. The molecule has 1 aliphatic carbocycles. The minimum absolute atomic E-state index is 0.0529. The lowest BCUT2D eigenvalue weighted by Crippen LogP contribution is -2.24. The molecule has 0 unspecified atom stereocenters. The Morgan fingerprint density at radius 1 is 1.36 bits per heavy atom. The van der Waals surface area contributed by atoms with E-state index in [9.17, 15) is 9.59 Å². The van der Waals surface area contributed by atoms with Crippen molar-refractivity contribution >= 4 is 39.3 Å². The van der Waals surface area contributed by atoms with E-state index in [1.807, 2.05) is 30.3 Å². The minimum Gasteiger partial charge on any atom is -0.468 e. The first kappa shape index (κ1) is 19.2. The molecule has 0 N–H and O–H groups in total. The third kappa shape index (κ3) is 3.37. The van der Waals surface area contributed by atoms with Crippen LogP contribution in [0.1, 0.15) is 30.7 Å². The van der Waals surface area contributed by atoms with Crippen molar-refractivity contribution in [2.75, 3.05) is 7.11 Å². The summed E-state index contributed by atoms with van der Waals surface area (Å²) >= 11 is 2.88. The van der Waals surface area contributed by atoms with E-state index in [-0.39, 0.29) is 11.5 Å². The maximum Gasteiger partial charge on any atom is 0.318 e. The Hall–Kier alpha value is -2.12. The van der Waals surface area contributed by atoms with Crippen molar-refractivity contribution in [3.05, 3.63) is 51.1 Å². The van der Waals surface area contributed by atoms with Gasteiger partial charge in [0, 0.05) is 4.88 Å². The second-order valence-electron chi connectivity index (χ2n) is 7.19. The molecule has 2 atom stereocenters. The van der Waals surface area contributed by atoms with Gasteiger partial charge in [-0.1, -0.05) is 36.9 Å². The minimum atomic E-state index is -0.459. The smallest absolute Gasteiger partial charge is 0.318 e. The molecule has 0 fully saturated rings. The zero-order valence-electron chi connectivity index (χ0n) is 16.1. The Morgan fingerprint density at radius 3 is 2.82 bits per heavy atom. The van der Waals surface area contributed by atoms with Crippen molar-refractivity contribution in [2.24, 2.45) is 5.92 Å². The highest BCUT2D eigenvalue weighted by molar-refractivity contribution is 8.00. The molecule has 0 aliphatic heterocycles. The SMILES string of the molecule is COC(=O)[C@@H](C)Sc1nc2sc3c(c2c(=O)n1-c1ccccc1)CC[C@H](C)C3. The number of carbonyl (C=O) groups excluding carboxylic acids is 1. The number of ether oxygens (including phenoxy) is 1. The summed E-state index contributed by atoms with van der Waals surface area (Å²) in [4.78, 5) is 32.4. The largest absolute Gasteiger partial charge is 0.468 e. The van der Waals surface area contributed by atoms with E-state index in [2.05, 4.69) is 6.92 Å². The van der Waals surface area contributed by atoms with Crippen LogP contribution in [0.25, 0.3) is 15.9 Å². The van der Waals surface area contributed by atoms with Crippen LogP contribution in [-0.2, 0) is 22.4 Å². The summed E-state index contributed by atoms with van der Waals surface area (Å²) in [6.45, 7) is 4.02. The average molecular weight is 415 g/mol. The van der Waals surface area contributed by atoms with E-state index in [1.54, 1.807) is 22.8 Å². The van der Waals surface area contributed by atoms with Crippen LogP contribution in [0.2, 0.25) is 0 Å². The number of para-hydroxylation sites is 1. The van der Waals surface area contributed by atoms with Crippen LogP contribution in [-0.4, -0.2) is 27.9 Å². The van der Waals surface area contributed by atoms with E-state index in [4.69, 9.17) is 9.72 Å². The fourth-order valence-electron chi connectivity index (χ4n) is 3.63. The quantitative estimate of drug-likeness (QED) is 0.363. The summed E-state index contributed by atoms with van der Waals surface area (Å²) in [6, 6.07) is 9.49. The highest BCUT2D eigenvalue weighted by Gasteiger charge is 2.26. The molecule has 4 rings (SSSR count). The van der Waals surface area contributed by atoms with Crippen molar-refractivity contribution in [3.63, 3.8) is 0 Å². The number of thioether (sulfide) groups is 1. The van der Waals surface area contributed by atoms with Crippen molar-refractivity contribution in [1.29, 1.82) is 0 Å². The Balaban J connectivity index is 1.94. The molecule has 28 heavy (non-hydrogen) atoms. The predicted octanol–water partition coefficient (Wildman–Crippen LogP) is 4.23. The lowest BCUT2D eigenvalue weighted by atomic mass is 9.89. The van der Waals surface area contributed by atoms with Crippen molar-refractivity contribution < 1.29 is 9.53 Å². The first-order valence-corrected chi connectivity index (χ1v) is 11.1. The summed E-state index contributed by atoms with van der Waals surface area (Å²) in [6.07, 6.45) is 3.02. The Labute approximate surface area is 171 Å². The van der Waals surface area contributed by atoms with Crippen LogP contribution in [0.4, 0.5) is 0 Å². The number of thiophene rings is 1. The van der Waals surface area contributed by atoms with Crippen molar-refractivity contribution in [1.82, 2.24) is 9.55 Å². The van der Waals surface area contributed by atoms with Crippen molar-refractivity contribution in [3.8, 4) is 5.69 Å². The zero-order chi connectivity index (χ0) is 19.8. The number of rotatable bonds is 4. The molecule has 1 aliphatic rings. The number of esters is 1. The lowest BCUT2D eigenvalue weighted by Gasteiger charge is -2.18. The third-order valence-corrected chi connectivity index (χ3v) is 7.31. The van der Waals surface area contributed by atoms with Gasteiger partial charge in [-0.2, -0.15) is 0 Å². The molecular weight excluding hydrogens is 392 g/mol. The number of fused-ring (bicyclic) bond motifs is 3. The topological polar surface area (TPSA) is 61.2 Å². The molecule has 2 aromatic heterocycles. The highest BCUT2D eigenvalue weighted by atomic mass is 32.2. The number of hydrogen-bond donors (Lipinski definition) is 0. The van der Waals surface area contributed by atoms with E-state index < -0.39 is 5.25 Å². The Morgan fingerprint density at radius 2 is 2.11 bits per heavy atom. The standard InChI is InChI=1S/C21H22N2O3S2/c1-12-9-10-15-16(11-12)28-18-17(15)19(24)23(14-7-5-4-6-8-14)21(22-18)27-13(2)20(25)26-3/h4-8,12-13H,9-11H2,1-3H3/t12-,13+/m0/s1. The van der Waals surface area contributed by atoms with Crippen LogP contribution in [0, 0.1) is 5.92 Å². The number of carbonyl (C=O) groups is 1. The van der Waals surface area contributed by atoms with E-state index in [0.717, 1.165) is 40.7 Å². The third-order valence-electron chi connectivity index (χ3n) is 5.13. The van der Waals surface area contributed by atoms with Gasteiger partial charge in [0.25, 0.3) is 5.56 Å². The van der Waals surface area contributed by atoms with Gasteiger partial charge in [0.05, 0.1) is 18.2 Å².